The van der Waals surface area contributed by atoms with Gasteiger partial charge in [-0.3, -0.25) is 9.59 Å². The zero-order chi connectivity index (χ0) is 17.8. The molecule has 1 amide bonds. The van der Waals surface area contributed by atoms with Crippen LogP contribution < -0.4 is 10.5 Å². The average Bonchev–Trinajstić information content (AvgIpc) is 3.08. The van der Waals surface area contributed by atoms with Crippen LogP contribution in [0.25, 0.3) is 10.9 Å². The van der Waals surface area contributed by atoms with Crippen molar-refractivity contribution in [2.24, 2.45) is 11.7 Å². The quantitative estimate of drug-likeness (QED) is 0.479. The molecule has 1 saturated carbocycles. The van der Waals surface area contributed by atoms with E-state index < -0.39 is 11.7 Å². The largest absolute Gasteiger partial charge is 0.497 e. The van der Waals surface area contributed by atoms with Crippen LogP contribution in [-0.2, 0) is 4.79 Å². The number of fused-ring (bicyclic) bond motifs is 1. The molecule has 1 heterocycles. The van der Waals surface area contributed by atoms with E-state index in [1.54, 1.807) is 31.5 Å². The number of aromatic amines is 1. The molecule has 2 aromatic rings. The van der Waals surface area contributed by atoms with E-state index in [0.29, 0.717) is 29.2 Å². The molecule has 0 spiro atoms. The summed E-state index contributed by atoms with van der Waals surface area (Å²) in [7, 11) is 1.59. The maximum absolute atomic E-state index is 12.7. The third-order valence-electron chi connectivity index (χ3n) is 5.04. The summed E-state index contributed by atoms with van der Waals surface area (Å²) in [4.78, 5) is 29.9. The van der Waals surface area contributed by atoms with Gasteiger partial charge < -0.3 is 20.4 Å². The van der Waals surface area contributed by atoms with Gasteiger partial charge in [-0.15, -0.1) is 0 Å². The molecular formula is C19H25N3O3. The molecule has 25 heavy (non-hydrogen) atoms. The van der Waals surface area contributed by atoms with Crippen molar-refractivity contribution in [1.29, 1.82) is 0 Å². The van der Waals surface area contributed by atoms with Crippen LogP contribution >= 0.6 is 0 Å². The first kappa shape index (κ1) is 17.5. The van der Waals surface area contributed by atoms with E-state index in [2.05, 4.69) is 4.98 Å². The normalized spacial score (nSPS) is 15.3. The second-order valence-corrected chi connectivity index (χ2v) is 6.66. The lowest BCUT2D eigenvalue weighted by atomic mass is 9.89. The van der Waals surface area contributed by atoms with Crippen LogP contribution in [0.5, 0.6) is 5.75 Å². The zero-order valence-corrected chi connectivity index (χ0v) is 14.6. The van der Waals surface area contributed by atoms with E-state index in [-0.39, 0.29) is 6.67 Å². The summed E-state index contributed by atoms with van der Waals surface area (Å²) in [5.41, 5.74) is 6.91. The van der Waals surface area contributed by atoms with E-state index in [1.807, 2.05) is 0 Å². The Kier molecular flexibility index (Phi) is 5.38. The summed E-state index contributed by atoms with van der Waals surface area (Å²) in [5.74, 6) is 0.101. The molecule has 134 valence electrons. The molecule has 0 unspecified atom stereocenters. The summed E-state index contributed by atoms with van der Waals surface area (Å²) in [6.07, 6.45) is 7.42. The fourth-order valence-corrected chi connectivity index (χ4v) is 3.60. The lowest BCUT2D eigenvalue weighted by Gasteiger charge is -2.28. The van der Waals surface area contributed by atoms with E-state index in [0.717, 1.165) is 18.4 Å². The highest BCUT2D eigenvalue weighted by Crippen LogP contribution is 2.26. The molecule has 0 atom stereocenters. The summed E-state index contributed by atoms with van der Waals surface area (Å²) in [6, 6.07) is 5.37. The molecule has 0 saturated heterocycles. The van der Waals surface area contributed by atoms with Gasteiger partial charge in [0, 0.05) is 29.7 Å². The van der Waals surface area contributed by atoms with Crippen molar-refractivity contribution in [3.05, 3.63) is 30.0 Å². The lowest BCUT2D eigenvalue weighted by molar-refractivity contribution is -0.127. The fourth-order valence-electron chi connectivity index (χ4n) is 3.60. The van der Waals surface area contributed by atoms with Crippen molar-refractivity contribution < 1.29 is 14.3 Å². The van der Waals surface area contributed by atoms with Gasteiger partial charge in [-0.1, -0.05) is 19.3 Å². The highest BCUT2D eigenvalue weighted by atomic mass is 16.5. The van der Waals surface area contributed by atoms with Gasteiger partial charge in [-0.25, -0.2) is 0 Å². The molecule has 3 rings (SSSR count). The Hall–Kier alpha value is -2.34. The minimum absolute atomic E-state index is 0.0667. The number of ketones is 1. The number of aromatic nitrogens is 1. The highest BCUT2D eigenvalue weighted by molar-refractivity contribution is 6.44. The van der Waals surface area contributed by atoms with Crippen LogP contribution in [-0.4, -0.2) is 41.9 Å². The molecule has 6 nitrogen and oxygen atoms in total. The molecule has 0 aliphatic heterocycles. The number of H-pyrrole nitrogens is 1. The first-order valence-electron chi connectivity index (χ1n) is 8.83. The Morgan fingerprint density at radius 2 is 2.04 bits per heavy atom. The van der Waals surface area contributed by atoms with Gasteiger partial charge >= 0.3 is 0 Å². The molecule has 3 N–H and O–H groups in total. The predicted molar refractivity (Wildman–Crippen MR) is 96.5 cm³/mol. The van der Waals surface area contributed by atoms with Crippen molar-refractivity contribution in [1.82, 2.24) is 9.88 Å². The number of carbonyl (C=O) groups excluding carboxylic acids is 2. The number of nitrogens with zero attached hydrogens (tertiary/aromatic N) is 1. The van der Waals surface area contributed by atoms with E-state index >= 15 is 0 Å². The van der Waals surface area contributed by atoms with E-state index in [9.17, 15) is 9.59 Å². The number of Topliss-reactive ketones (excluding diaryl/α,β-unsaturated/α-hetero) is 1. The lowest BCUT2D eigenvalue weighted by Crippen LogP contribution is -2.43. The van der Waals surface area contributed by atoms with Crippen molar-refractivity contribution in [2.75, 3.05) is 20.3 Å². The number of hydrogen-bond acceptors (Lipinski definition) is 4. The van der Waals surface area contributed by atoms with Gasteiger partial charge in [0.15, 0.2) is 0 Å². The molecule has 0 radical (unpaired) electrons. The zero-order valence-electron chi connectivity index (χ0n) is 14.6. The average molecular weight is 343 g/mol. The molecule has 1 aliphatic carbocycles. The number of rotatable bonds is 6. The van der Waals surface area contributed by atoms with Gasteiger partial charge in [0.05, 0.1) is 19.3 Å². The minimum atomic E-state index is -0.523. The summed E-state index contributed by atoms with van der Waals surface area (Å²) in [6.45, 7) is 0.633. The number of nitrogens with one attached hydrogen (secondary N) is 1. The second-order valence-electron chi connectivity index (χ2n) is 6.66. The molecule has 6 heteroatoms. The van der Waals surface area contributed by atoms with Gasteiger partial charge in [0.1, 0.15) is 5.75 Å². The Morgan fingerprint density at radius 3 is 2.72 bits per heavy atom. The van der Waals surface area contributed by atoms with Gasteiger partial charge in [-0.2, -0.15) is 0 Å². The molecule has 0 bridgehead atoms. The molecule has 1 aromatic heterocycles. The number of carbonyl (C=O) groups is 2. The molecule has 1 fully saturated rings. The minimum Gasteiger partial charge on any atom is -0.497 e. The fraction of sp³-hybridized carbons (Fsp3) is 0.474. The number of hydrogen-bond donors (Lipinski definition) is 2. The second kappa shape index (κ2) is 7.70. The number of amides is 1. The number of nitrogens with two attached hydrogens (primary N) is 1. The Bertz CT molecular complexity index is 762. The van der Waals surface area contributed by atoms with Gasteiger partial charge in [0.25, 0.3) is 11.7 Å². The Balaban J connectivity index is 1.77. The van der Waals surface area contributed by atoms with Crippen LogP contribution in [0.1, 0.15) is 42.5 Å². The molecular weight excluding hydrogens is 318 g/mol. The third kappa shape index (κ3) is 3.69. The molecule has 1 aromatic carbocycles. The molecule has 1 aliphatic rings. The smallest absolute Gasteiger partial charge is 0.296 e. The van der Waals surface area contributed by atoms with Crippen LogP contribution in [0.4, 0.5) is 0 Å². The standard InChI is InChI=1S/C19H25N3O3/c1-25-14-7-8-15-16(10-21-17(15)9-14)18(23)19(24)22(12-20)11-13-5-3-2-4-6-13/h7-10,13,21H,2-6,11-12,20H2,1H3. The van der Waals surface area contributed by atoms with Gasteiger partial charge in [0.2, 0.25) is 0 Å². The highest BCUT2D eigenvalue weighted by Gasteiger charge is 2.27. The Labute approximate surface area is 147 Å². The van der Waals surface area contributed by atoms with Crippen molar-refractivity contribution in [3.63, 3.8) is 0 Å². The van der Waals surface area contributed by atoms with Gasteiger partial charge in [-0.05, 0) is 30.9 Å². The topological polar surface area (TPSA) is 88.4 Å². The summed E-state index contributed by atoms with van der Waals surface area (Å²) in [5, 5.41) is 0.716. The SMILES string of the molecule is COc1ccc2c(C(=O)C(=O)N(CN)CC3CCCCC3)c[nH]c2c1. The van der Waals surface area contributed by atoms with Crippen LogP contribution in [0.15, 0.2) is 24.4 Å². The summed E-state index contributed by atoms with van der Waals surface area (Å²) < 4.78 is 5.18. The Morgan fingerprint density at radius 1 is 1.28 bits per heavy atom. The maximum atomic E-state index is 12.7. The first-order chi connectivity index (χ1) is 12.1. The number of ether oxygens (including phenoxy) is 1. The third-order valence-corrected chi connectivity index (χ3v) is 5.04. The van der Waals surface area contributed by atoms with E-state index in [4.69, 9.17) is 10.5 Å². The van der Waals surface area contributed by atoms with Crippen LogP contribution in [0, 0.1) is 5.92 Å². The maximum Gasteiger partial charge on any atom is 0.296 e. The van der Waals surface area contributed by atoms with Crippen molar-refractivity contribution in [3.8, 4) is 5.75 Å². The van der Waals surface area contributed by atoms with Crippen molar-refractivity contribution in [2.45, 2.75) is 32.1 Å². The van der Waals surface area contributed by atoms with Crippen LogP contribution in [0.3, 0.4) is 0 Å². The summed E-state index contributed by atoms with van der Waals surface area (Å²) >= 11 is 0. The van der Waals surface area contributed by atoms with Crippen LogP contribution in [0.2, 0.25) is 0 Å². The van der Waals surface area contributed by atoms with Crippen molar-refractivity contribution >= 4 is 22.6 Å². The monoisotopic (exact) mass is 343 g/mol. The first-order valence-corrected chi connectivity index (χ1v) is 8.83. The number of methoxy groups -OCH3 is 1. The van der Waals surface area contributed by atoms with E-state index in [1.165, 1.54) is 24.2 Å². The predicted octanol–water partition coefficient (Wildman–Crippen LogP) is 2.68. The number of benzene rings is 1.